The Kier molecular flexibility index (Phi) is 4.13. The lowest BCUT2D eigenvalue weighted by Crippen LogP contribution is -2.40. The maximum Gasteiger partial charge on any atom is 0.271 e. The van der Waals surface area contributed by atoms with Crippen LogP contribution in [0.2, 0.25) is 0 Å². The highest BCUT2D eigenvalue weighted by Crippen LogP contribution is 2.38. The van der Waals surface area contributed by atoms with Gasteiger partial charge in [0.05, 0.1) is 0 Å². The summed E-state index contributed by atoms with van der Waals surface area (Å²) in [5.74, 6) is 0.466. The van der Waals surface area contributed by atoms with Gasteiger partial charge in [-0.3, -0.25) is 9.89 Å². The van der Waals surface area contributed by atoms with Crippen LogP contribution in [0.4, 0.5) is 5.69 Å². The molecule has 1 heterocycles. The number of aromatic amines is 1. The monoisotopic (exact) mass is 298 g/mol. The molecule has 1 aliphatic carbocycles. The second-order valence-electron chi connectivity index (χ2n) is 5.99. The Hall–Kier alpha value is -2.30. The zero-order valence-electron chi connectivity index (χ0n) is 13.0. The number of benzene rings is 1. The van der Waals surface area contributed by atoms with E-state index in [-0.39, 0.29) is 11.9 Å². The van der Waals surface area contributed by atoms with Crippen molar-refractivity contribution in [1.29, 1.82) is 0 Å². The summed E-state index contributed by atoms with van der Waals surface area (Å²) in [5, 5.41) is 10.0. The van der Waals surface area contributed by atoms with Crippen molar-refractivity contribution in [2.45, 2.75) is 31.7 Å². The van der Waals surface area contributed by atoms with Crippen LogP contribution in [-0.2, 0) is 0 Å². The molecule has 1 saturated carbocycles. The first-order chi connectivity index (χ1) is 10.6. The number of carbonyl (C=O) groups excluding carboxylic acids is 1. The van der Waals surface area contributed by atoms with Gasteiger partial charge in [-0.2, -0.15) is 5.10 Å². The van der Waals surface area contributed by atoms with Gasteiger partial charge in [0.15, 0.2) is 0 Å². The normalized spacial score (nSPS) is 15.4. The number of H-pyrrole nitrogens is 1. The van der Waals surface area contributed by atoms with E-state index in [1.165, 1.54) is 12.8 Å². The lowest BCUT2D eigenvalue weighted by Gasteiger charge is -2.27. The minimum Gasteiger partial charge on any atom is -0.370 e. The first-order valence-electron chi connectivity index (χ1n) is 7.76. The lowest BCUT2D eigenvalue weighted by molar-refractivity contribution is 0.0946. The predicted molar refractivity (Wildman–Crippen MR) is 87.2 cm³/mol. The molecule has 1 atom stereocenters. The summed E-state index contributed by atoms with van der Waals surface area (Å²) < 4.78 is 0. The van der Waals surface area contributed by atoms with Crippen molar-refractivity contribution >= 4 is 11.6 Å². The summed E-state index contributed by atoms with van der Waals surface area (Å²) in [6.07, 6.45) is 2.39. The fourth-order valence-electron chi connectivity index (χ4n) is 2.44. The number of anilines is 1. The Morgan fingerprint density at radius 1 is 1.41 bits per heavy atom. The average Bonchev–Trinajstić information content (AvgIpc) is 3.29. The molecular weight excluding hydrogens is 276 g/mol. The van der Waals surface area contributed by atoms with Crippen molar-refractivity contribution in [3.8, 4) is 0 Å². The van der Waals surface area contributed by atoms with E-state index in [0.717, 1.165) is 11.4 Å². The van der Waals surface area contributed by atoms with Gasteiger partial charge in [-0.15, -0.1) is 0 Å². The van der Waals surface area contributed by atoms with Crippen LogP contribution in [0, 0.1) is 0 Å². The van der Waals surface area contributed by atoms with Crippen LogP contribution in [-0.4, -0.2) is 35.7 Å². The number of carbonyl (C=O) groups is 1. The summed E-state index contributed by atoms with van der Waals surface area (Å²) >= 11 is 0. The minimum absolute atomic E-state index is 0.114. The van der Waals surface area contributed by atoms with Gasteiger partial charge in [-0.05, 0) is 38.0 Å². The minimum atomic E-state index is -0.114. The summed E-state index contributed by atoms with van der Waals surface area (Å²) in [5.41, 5.74) is 2.70. The van der Waals surface area contributed by atoms with Crippen molar-refractivity contribution in [2.75, 3.05) is 18.5 Å². The molecule has 0 aliphatic heterocycles. The SMILES string of the molecule is C[C@H](CNC(=O)c1cc(C2CC2)[nH]n1)N(C)c1ccccc1. The quantitative estimate of drug-likeness (QED) is 0.861. The molecule has 1 aliphatic rings. The maximum absolute atomic E-state index is 12.2. The van der Waals surface area contributed by atoms with Crippen molar-refractivity contribution in [3.05, 3.63) is 47.8 Å². The number of nitrogens with zero attached hydrogens (tertiary/aromatic N) is 2. The third-order valence-corrected chi connectivity index (χ3v) is 4.23. The summed E-state index contributed by atoms with van der Waals surface area (Å²) in [7, 11) is 2.03. The van der Waals surface area contributed by atoms with Crippen molar-refractivity contribution in [1.82, 2.24) is 15.5 Å². The van der Waals surface area contributed by atoms with Gasteiger partial charge in [-0.1, -0.05) is 18.2 Å². The second kappa shape index (κ2) is 6.22. The molecule has 0 saturated heterocycles. The summed E-state index contributed by atoms with van der Waals surface area (Å²) in [4.78, 5) is 14.3. The van der Waals surface area contributed by atoms with Crippen LogP contribution in [0.25, 0.3) is 0 Å². The number of likely N-dealkylation sites (N-methyl/N-ethyl adjacent to an activating group) is 1. The number of para-hydroxylation sites is 1. The van der Waals surface area contributed by atoms with E-state index >= 15 is 0 Å². The smallest absolute Gasteiger partial charge is 0.271 e. The molecule has 1 fully saturated rings. The molecule has 2 N–H and O–H groups in total. The van der Waals surface area contributed by atoms with Gasteiger partial charge in [0.2, 0.25) is 0 Å². The Morgan fingerprint density at radius 2 is 2.14 bits per heavy atom. The zero-order chi connectivity index (χ0) is 15.5. The van der Waals surface area contributed by atoms with Crippen molar-refractivity contribution in [3.63, 3.8) is 0 Å². The molecule has 1 aromatic carbocycles. The molecule has 1 amide bonds. The number of amides is 1. The molecule has 0 unspecified atom stereocenters. The fraction of sp³-hybridized carbons (Fsp3) is 0.412. The Bertz CT molecular complexity index is 633. The number of aromatic nitrogens is 2. The number of hydrogen-bond donors (Lipinski definition) is 2. The van der Waals surface area contributed by atoms with E-state index in [1.54, 1.807) is 0 Å². The van der Waals surface area contributed by atoms with E-state index in [9.17, 15) is 4.79 Å². The Morgan fingerprint density at radius 3 is 2.82 bits per heavy atom. The van der Waals surface area contributed by atoms with Crippen LogP contribution in [0.1, 0.15) is 41.9 Å². The van der Waals surface area contributed by atoms with Gasteiger partial charge in [0.25, 0.3) is 5.91 Å². The highest BCUT2D eigenvalue weighted by atomic mass is 16.1. The zero-order valence-corrected chi connectivity index (χ0v) is 13.0. The molecule has 3 rings (SSSR count). The summed E-state index contributed by atoms with van der Waals surface area (Å²) in [6.45, 7) is 2.67. The maximum atomic E-state index is 12.2. The first-order valence-corrected chi connectivity index (χ1v) is 7.76. The molecule has 0 bridgehead atoms. The molecular formula is C17H22N4O. The number of hydrogen-bond acceptors (Lipinski definition) is 3. The number of rotatable bonds is 6. The third kappa shape index (κ3) is 3.30. The van der Waals surface area contributed by atoms with E-state index in [1.807, 2.05) is 31.3 Å². The lowest BCUT2D eigenvalue weighted by atomic mass is 10.2. The van der Waals surface area contributed by atoms with E-state index in [0.29, 0.717) is 18.2 Å². The Labute approximate surface area is 130 Å². The fourth-order valence-corrected chi connectivity index (χ4v) is 2.44. The molecule has 1 aromatic heterocycles. The molecule has 0 spiro atoms. The molecule has 116 valence electrons. The second-order valence-corrected chi connectivity index (χ2v) is 5.99. The van der Waals surface area contributed by atoms with Crippen LogP contribution in [0.15, 0.2) is 36.4 Å². The molecule has 5 nitrogen and oxygen atoms in total. The van der Waals surface area contributed by atoms with Gasteiger partial charge in [0.1, 0.15) is 5.69 Å². The van der Waals surface area contributed by atoms with Crippen molar-refractivity contribution < 1.29 is 4.79 Å². The largest absolute Gasteiger partial charge is 0.370 e. The van der Waals surface area contributed by atoms with E-state index in [2.05, 4.69) is 39.5 Å². The molecule has 5 heteroatoms. The van der Waals surface area contributed by atoms with Crippen molar-refractivity contribution in [2.24, 2.45) is 0 Å². The standard InChI is InChI=1S/C17H22N4O/c1-12(21(2)14-6-4-3-5-7-14)11-18-17(22)16-10-15(19-20-16)13-8-9-13/h3-7,10,12-13H,8-9,11H2,1-2H3,(H,18,22)(H,19,20)/t12-/m1/s1. The van der Waals surface area contributed by atoms with Crippen LogP contribution in [0.5, 0.6) is 0 Å². The van der Waals surface area contributed by atoms with Crippen LogP contribution >= 0.6 is 0 Å². The van der Waals surface area contributed by atoms with Crippen LogP contribution in [0.3, 0.4) is 0 Å². The predicted octanol–water partition coefficient (Wildman–Crippen LogP) is 2.54. The Balaban J connectivity index is 1.53. The average molecular weight is 298 g/mol. The van der Waals surface area contributed by atoms with Gasteiger partial charge >= 0.3 is 0 Å². The first kappa shape index (κ1) is 14.6. The van der Waals surface area contributed by atoms with E-state index in [4.69, 9.17) is 0 Å². The number of nitrogens with one attached hydrogen (secondary N) is 2. The highest BCUT2D eigenvalue weighted by molar-refractivity contribution is 5.92. The molecule has 0 radical (unpaired) electrons. The highest BCUT2D eigenvalue weighted by Gasteiger charge is 2.26. The van der Waals surface area contributed by atoms with Crippen LogP contribution < -0.4 is 10.2 Å². The topological polar surface area (TPSA) is 61.0 Å². The molecule has 2 aromatic rings. The molecule has 22 heavy (non-hydrogen) atoms. The van der Waals surface area contributed by atoms with E-state index < -0.39 is 0 Å². The van der Waals surface area contributed by atoms with Gasteiger partial charge in [0, 0.05) is 36.9 Å². The van der Waals surface area contributed by atoms with Gasteiger partial charge < -0.3 is 10.2 Å². The van der Waals surface area contributed by atoms with Gasteiger partial charge in [-0.25, -0.2) is 0 Å². The third-order valence-electron chi connectivity index (χ3n) is 4.23. The summed E-state index contributed by atoms with van der Waals surface area (Å²) in [6, 6.07) is 12.2.